The number of nitrogens with one attached hydrogen (secondary N) is 1. The molecule has 3 rings (SSSR count). The second kappa shape index (κ2) is 9.21. The monoisotopic (exact) mass is 365 g/mol. The molecule has 0 spiro atoms. The molecule has 27 heavy (non-hydrogen) atoms. The van der Waals surface area contributed by atoms with E-state index < -0.39 is 0 Å². The van der Waals surface area contributed by atoms with Crippen molar-refractivity contribution in [1.29, 1.82) is 0 Å². The van der Waals surface area contributed by atoms with E-state index in [1.165, 1.54) is 5.56 Å². The van der Waals surface area contributed by atoms with Crippen LogP contribution in [0.15, 0.2) is 54.6 Å². The maximum Gasteiger partial charge on any atom is 0.224 e. The average molecular weight is 365 g/mol. The Labute approximate surface area is 160 Å². The van der Waals surface area contributed by atoms with Crippen LogP contribution in [-0.2, 0) is 22.4 Å². The number of carbonyl (C=O) groups is 2. The van der Waals surface area contributed by atoms with E-state index in [4.69, 9.17) is 5.73 Å². The zero-order chi connectivity index (χ0) is 19.1. The van der Waals surface area contributed by atoms with E-state index in [9.17, 15) is 9.59 Å². The molecule has 0 saturated carbocycles. The van der Waals surface area contributed by atoms with E-state index >= 15 is 0 Å². The van der Waals surface area contributed by atoms with Crippen molar-refractivity contribution in [3.63, 3.8) is 0 Å². The Morgan fingerprint density at radius 1 is 0.963 bits per heavy atom. The van der Waals surface area contributed by atoms with E-state index in [1.807, 2.05) is 47.4 Å². The highest BCUT2D eigenvalue weighted by Crippen LogP contribution is 2.14. The summed E-state index contributed by atoms with van der Waals surface area (Å²) in [6.45, 7) is 1.42. The number of nitrogen functional groups attached to an aromatic ring is 1. The number of hydrogen-bond acceptors (Lipinski definition) is 3. The van der Waals surface area contributed by atoms with Gasteiger partial charge in [-0.3, -0.25) is 9.59 Å². The van der Waals surface area contributed by atoms with E-state index in [1.54, 1.807) is 0 Å². The highest BCUT2D eigenvalue weighted by atomic mass is 16.2. The minimum Gasteiger partial charge on any atom is -0.399 e. The molecule has 5 heteroatoms. The summed E-state index contributed by atoms with van der Waals surface area (Å²) in [5.41, 5.74) is 8.51. The van der Waals surface area contributed by atoms with Gasteiger partial charge < -0.3 is 16.0 Å². The van der Waals surface area contributed by atoms with Gasteiger partial charge in [-0.15, -0.1) is 0 Å². The van der Waals surface area contributed by atoms with Crippen molar-refractivity contribution in [3.05, 3.63) is 65.7 Å². The van der Waals surface area contributed by atoms with E-state index in [2.05, 4.69) is 17.4 Å². The molecule has 5 nitrogen and oxygen atoms in total. The maximum absolute atomic E-state index is 12.4. The predicted octanol–water partition coefficient (Wildman–Crippen LogP) is 2.55. The summed E-state index contributed by atoms with van der Waals surface area (Å²) in [6, 6.07) is 17.6. The number of rotatable bonds is 6. The lowest BCUT2D eigenvalue weighted by atomic mass is 10.0. The maximum atomic E-state index is 12.4. The summed E-state index contributed by atoms with van der Waals surface area (Å²) >= 11 is 0. The lowest BCUT2D eigenvalue weighted by Crippen LogP contribution is -2.46. The number of nitrogens with two attached hydrogens (primary N) is 1. The van der Waals surface area contributed by atoms with Crippen LogP contribution < -0.4 is 11.1 Å². The van der Waals surface area contributed by atoms with Crippen LogP contribution in [0.1, 0.15) is 30.4 Å². The zero-order valence-electron chi connectivity index (χ0n) is 15.6. The average Bonchev–Trinajstić information content (AvgIpc) is 2.69. The van der Waals surface area contributed by atoms with Gasteiger partial charge in [0.25, 0.3) is 0 Å². The number of nitrogens with zero attached hydrogens (tertiary/aromatic N) is 1. The smallest absolute Gasteiger partial charge is 0.224 e. The van der Waals surface area contributed by atoms with Crippen LogP contribution in [-0.4, -0.2) is 35.8 Å². The molecule has 2 aromatic carbocycles. The Kier molecular flexibility index (Phi) is 6.47. The van der Waals surface area contributed by atoms with Gasteiger partial charge in [0.15, 0.2) is 0 Å². The van der Waals surface area contributed by atoms with E-state index in [-0.39, 0.29) is 17.9 Å². The number of benzene rings is 2. The number of carbonyl (C=O) groups excluding carboxylic acids is 2. The van der Waals surface area contributed by atoms with Crippen molar-refractivity contribution in [1.82, 2.24) is 10.2 Å². The van der Waals surface area contributed by atoms with Gasteiger partial charge in [0.05, 0.1) is 6.42 Å². The standard InChI is InChI=1S/C22H27N3O2/c23-19-9-6-18(7-10-19)16-21(26)24-20-12-14-25(15-13-20)22(27)11-8-17-4-2-1-3-5-17/h1-7,9-10,20H,8,11-16,23H2,(H,24,26). The molecule has 1 aliphatic heterocycles. The van der Waals surface area contributed by atoms with Gasteiger partial charge in [0.2, 0.25) is 11.8 Å². The molecule has 2 aromatic rings. The van der Waals surface area contributed by atoms with Crippen LogP contribution >= 0.6 is 0 Å². The van der Waals surface area contributed by atoms with Crippen LogP contribution in [0.5, 0.6) is 0 Å². The summed E-state index contributed by atoms with van der Waals surface area (Å²) in [5, 5.41) is 3.09. The van der Waals surface area contributed by atoms with Gasteiger partial charge in [-0.2, -0.15) is 0 Å². The Hall–Kier alpha value is -2.82. The number of hydrogen-bond donors (Lipinski definition) is 2. The normalized spacial score (nSPS) is 14.7. The summed E-state index contributed by atoms with van der Waals surface area (Å²) in [7, 11) is 0. The topological polar surface area (TPSA) is 75.4 Å². The van der Waals surface area contributed by atoms with Crippen LogP contribution in [0.4, 0.5) is 5.69 Å². The van der Waals surface area contributed by atoms with Crippen molar-refractivity contribution in [2.45, 2.75) is 38.1 Å². The van der Waals surface area contributed by atoms with Crippen molar-refractivity contribution < 1.29 is 9.59 Å². The number of amides is 2. The fourth-order valence-corrected chi connectivity index (χ4v) is 3.43. The number of piperidine rings is 1. The third kappa shape index (κ3) is 5.84. The Morgan fingerprint density at radius 3 is 2.30 bits per heavy atom. The number of likely N-dealkylation sites (tertiary alicyclic amines) is 1. The van der Waals surface area contributed by atoms with Crippen LogP contribution in [0, 0.1) is 0 Å². The second-order valence-corrected chi connectivity index (χ2v) is 7.13. The minimum absolute atomic E-state index is 0.0219. The molecule has 142 valence electrons. The van der Waals surface area contributed by atoms with Gasteiger partial charge in [-0.05, 0) is 42.5 Å². The first-order valence-corrected chi connectivity index (χ1v) is 9.55. The van der Waals surface area contributed by atoms with Crippen LogP contribution in [0.3, 0.4) is 0 Å². The SMILES string of the molecule is Nc1ccc(CC(=O)NC2CCN(C(=O)CCc3ccccc3)CC2)cc1. The highest BCUT2D eigenvalue weighted by molar-refractivity contribution is 5.79. The summed E-state index contributed by atoms with van der Waals surface area (Å²) in [4.78, 5) is 26.5. The Bertz CT molecular complexity index is 751. The lowest BCUT2D eigenvalue weighted by Gasteiger charge is -2.32. The first-order valence-electron chi connectivity index (χ1n) is 9.55. The highest BCUT2D eigenvalue weighted by Gasteiger charge is 2.23. The molecule has 1 heterocycles. The first-order chi connectivity index (χ1) is 13.1. The second-order valence-electron chi connectivity index (χ2n) is 7.13. The lowest BCUT2D eigenvalue weighted by molar-refractivity contribution is -0.132. The molecule has 0 radical (unpaired) electrons. The molecule has 1 aliphatic rings. The van der Waals surface area contributed by atoms with Gasteiger partial charge in [-0.25, -0.2) is 0 Å². The molecule has 3 N–H and O–H groups in total. The summed E-state index contributed by atoms with van der Waals surface area (Å²) in [5.74, 6) is 0.221. The molecular formula is C22H27N3O2. The van der Waals surface area contributed by atoms with Crippen molar-refractivity contribution in [2.24, 2.45) is 0 Å². The molecule has 0 aromatic heterocycles. The predicted molar refractivity (Wildman–Crippen MR) is 107 cm³/mol. The van der Waals surface area contributed by atoms with Gasteiger partial charge in [-0.1, -0.05) is 42.5 Å². The molecule has 2 amide bonds. The molecule has 1 saturated heterocycles. The van der Waals surface area contributed by atoms with E-state index in [0.717, 1.165) is 24.8 Å². The first kappa shape index (κ1) is 19.0. The molecular weight excluding hydrogens is 338 g/mol. The van der Waals surface area contributed by atoms with E-state index in [0.29, 0.717) is 31.6 Å². The van der Waals surface area contributed by atoms with Gasteiger partial charge >= 0.3 is 0 Å². The van der Waals surface area contributed by atoms with Crippen molar-refractivity contribution in [2.75, 3.05) is 18.8 Å². The summed E-state index contributed by atoms with van der Waals surface area (Å²) < 4.78 is 0. The number of anilines is 1. The van der Waals surface area contributed by atoms with Gasteiger partial charge in [0.1, 0.15) is 0 Å². The third-order valence-electron chi connectivity index (χ3n) is 5.03. The summed E-state index contributed by atoms with van der Waals surface area (Å²) in [6.07, 6.45) is 3.29. The fourth-order valence-electron chi connectivity index (χ4n) is 3.43. The zero-order valence-corrected chi connectivity index (χ0v) is 15.6. The number of aryl methyl sites for hydroxylation is 1. The molecule has 0 bridgehead atoms. The molecule has 0 unspecified atom stereocenters. The van der Waals surface area contributed by atoms with Crippen molar-refractivity contribution >= 4 is 17.5 Å². The fraction of sp³-hybridized carbons (Fsp3) is 0.364. The largest absolute Gasteiger partial charge is 0.399 e. The van der Waals surface area contributed by atoms with Crippen LogP contribution in [0.25, 0.3) is 0 Å². The Morgan fingerprint density at radius 2 is 1.63 bits per heavy atom. The van der Waals surface area contributed by atoms with Crippen LogP contribution in [0.2, 0.25) is 0 Å². The molecule has 1 fully saturated rings. The quantitative estimate of drug-likeness (QED) is 0.773. The Balaban J connectivity index is 1.38. The van der Waals surface area contributed by atoms with Gasteiger partial charge in [0, 0.05) is 31.2 Å². The minimum atomic E-state index is 0.0219. The molecule has 0 aliphatic carbocycles. The van der Waals surface area contributed by atoms with Crippen molar-refractivity contribution in [3.8, 4) is 0 Å². The molecule has 0 atom stereocenters. The third-order valence-corrected chi connectivity index (χ3v) is 5.03.